The van der Waals surface area contributed by atoms with Gasteiger partial charge >= 0.3 is 5.97 Å². The van der Waals surface area contributed by atoms with Crippen LogP contribution in [0.4, 0.5) is 5.00 Å². The van der Waals surface area contributed by atoms with Crippen LogP contribution in [-0.2, 0) is 21.4 Å². The van der Waals surface area contributed by atoms with E-state index in [9.17, 15) is 27.9 Å². The first-order chi connectivity index (χ1) is 16.1. The van der Waals surface area contributed by atoms with E-state index in [0.717, 1.165) is 15.6 Å². The largest absolute Gasteiger partial charge is 0.480 e. The Hall–Kier alpha value is -3.34. The lowest BCUT2D eigenvalue weighted by atomic mass is 10.0. The molecule has 1 atom stereocenters. The first kappa shape index (κ1) is 23.8. The van der Waals surface area contributed by atoms with Crippen molar-refractivity contribution >= 4 is 44.0 Å². The maximum Gasteiger partial charge on any atom is 0.322 e. The highest BCUT2D eigenvalue weighted by atomic mass is 32.2. The van der Waals surface area contributed by atoms with Crippen LogP contribution in [0.5, 0.6) is 0 Å². The molecule has 0 bridgehead atoms. The predicted octanol–water partition coefficient (Wildman–Crippen LogP) is 3.84. The van der Waals surface area contributed by atoms with Crippen LogP contribution >= 0.6 is 11.3 Å². The monoisotopic (exact) mass is 498 g/mol. The summed E-state index contributed by atoms with van der Waals surface area (Å²) in [5.74, 6) is -2.31. The van der Waals surface area contributed by atoms with Crippen molar-refractivity contribution < 1.29 is 27.9 Å². The quantitative estimate of drug-likeness (QED) is 0.478. The van der Waals surface area contributed by atoms with E-state index in [2.05, 4.69) is 5.32 Å². The first-order valence-electron chi connectivity index (χ1n) is 10.5. The maximum atomic E-state index is 13.0. The molecule has 0 spiro atoms. The molecule has 0 fully saturated rings. The molecule has 34 heavy (non-hydrogen) atoms. The molecule has 1 amide bonds. The van der Waals surface area contributed by atoms with Crippen LogP contribution in [0.3, 0.4) is 0 Å². The predicted molar refractivity (Wildman–Crippen MR) is 128 cm³/mol. The number of hydrogen-bond acceptors (Lipinski definition) is 6. The number of benzene rings is 2. The van der Waals surface area contributed by atoms with E-state index in [1.807, 2.05) is 6.07 Å². The van der Waals surface area contributed by atoms with Gasteiger partial charge in [0.2, 0.25) is 10.0 Å². The molecule has 176 valence electrons. The minimum atomic E-state index is -4.00. The van der Waals surface area contributed by atoms with Gasteiger partial charge in [0.25, 0.3) is 5.91 Å². The lowest BCUT2D eigenvalue weighted by Crippen LogP contribution is -2.44. The van der Waals surface area contributed by atoms with Crippen molar-refractivity contribution in [1.29, 1.82) is 0 Å². The van der Waals surface area contributed by atoms with Crippen molar-refractivity contribution in [3.8, 4) is 0 Å². The summed E-state index contributed by atoms with van der Waals surface area (Å²) in [7, 11) is -4.00. The average Bonchev–Trinajstić information content (AvgIpc) is 3.30. The molecule has 0 saturated carbocycles. The zero-order chi connectivity index (χ0) is 24.6. The third-order valence-electron chi connectivity index (χ3n) is 5.51. The molecule has 1 aliphatic rings. The van der Waals surface area contributed by atoms with Gasteiger partial charge in [0.05, 0.1) is 16.4 Å². The molecule has 0 saturated heterocycles. The van der Waals surface area contributed by atoms with Crippen LogP contribution in [0.15, 0.2) is 65.6 Å². The Balaban J connectivity index is 1.54. The van der Waals surface area contributed by atoms with Crippen molar-refractivity contribution in [3.05, 3.63) is 82.2 Å². The third-order valence-corrected chi connectivity index (χ3v) is 8.57. The molecule has 2 heterocycles. The van der Waals surface area contributed by atoms with Crippen LogP contribution < -0.4 is 5.32 Å². The second kappa shape index (κ2) is 9.13. The van der Waals surface area contributed by atoms with E-state index in [0.29, 0.717) is 21.0 Å². The van der Waals surface area contributed by atoms with E-state index in [-0.39, 0.29) is 22.8 Å². The van der Waals surface area contributed by atoms with E-state index >= 15 is 0 Å². The Morgan fingerprint density at radius 1 is 0.971 bits per heavy atom. The second-order valence-electron chi connectivity index (χ2n) is 8.21. The number of fused-ring (bicyclic) bond motifs is 1. The highest BCUT2D eigenvalue weighted by Gasteiger charge is 2.44. The molecule has 1 aromatic heterocycles. The third kappa shape index (κ3) is 4.39. The molecule has 8 nitrogen and oxygen atoms in total. The van der Waals surface area contributed by atoms with E-state index < -0.39 is 33.9 Å². The fourth-order valence-corrected chi connectivity index (χ4v) is 7.24. The van der Waals surface area contributed by atoms with E-state index in [1.54, 1.807) is 56.3 Å². The summed E-state index contributed by atoms with van der Waals surface area (Å²) < 4.78 is 26.9. The van der Waals surface area contributed by atoms with Crippen LogP contribution in [0.2, 0.25) is 0 Å². The highest BCUT2D eigenvalue weighted by Crippen LogP contribution is 2.41. The summed E-state index contributed by atoms with van der Waals surface area (Å²) in [6.45, 7) is 3.25. The number of carbonyl (C=O) groups excluding carboxylic acids is 2. The minimum absolute atomic E-state index is 0.00714. The fourth-order valence-electron chi connectivity index (χ4n) is 3.89. The van der Waals surface area contributed by atoms with Gasteiger partial charge < -0.3 is 10.4 Å². The molecule has 0 aliphatic carbocycles. The number of nitrogens with zero attached hydrogens (tertiary/aromatic N) is 1. The van der Waals surface area contributed by atoms with Gasteiger partial charge in [-0.3, -0.25) is 14.4 Å². The molecule has 0 unspecified atom stereocenters. The number of thiophene rings is 1. The highest BCUT2D eigenvalue weighted by molar-refractivity contribution is 7.89. The number of anilines is 1. The molecule has 2 aromatic carbocycles. The Kier molecular flexibility index (Phi) is 6.39. The smallest absolute Gasteiger partial charge is 0.322 e. The van der Waals surface area contributed by atoms with Gasteiger partial charge in [0.1, 0.15) is 6.04 Å². The van der Waals surface area contributed by atoms with Gasteiger partial charge in [-0.25, -0.2) is 8.42 Å². The number of carboxylic acid groups (broad SMARTS) is 1. The molecule has 2 N–H and O–H groups in total. The number of amides is 1. The van der Waals surface area contributed by atoms with Crippen molar-refractivity contribution in [3.63, 3.8) is 0 Å². The van der Waals surface area contributed by atoms with Gasteiger partial charge in [-0.05, 0) is 24.1 Å². The number of hydrogen-bond donors (Lipinski definition) is 2. The Labute approximate surface area is 200 Å². The van der Waals surface area contributed by atoms with Crippen molar-refractivity contribution in [1.82, 2.24) is 4.31 Å². The SMILES string of the molecule is CC(C)[C@H](C(=O)O)N1Cc2sc(NC(=O)c3cccc(C(=O)c4ccccc4)c3)cc2S1(=O)=O. The zero-order valence-corrected chi connectivity index (χ0v) is 20.0. The summed E-state index contributed by atoms with van der Waals surface area (Å²) in [4.78, 5) is 37.6. The zero-order valence-electron chi connectivity index (χ0n) is 18.4. The summed E-state index contributed by atoms with van der Waals surface area (Å²) >= 11 is 1.09. The standard InChI is InChI=1S/C24H22N2O6S2/c1-14(2)21(24(29)30)26-13-18-19(34(26,31)32)12-20(33-18)25-23(28)17-10-6-9-16(11-17)22(27)15-7-4-3-5-8-15/h3-12,14,21H,13H2,1-2H3,(H,25,28)(H,29,30)/t21-/m1/s1. The van der Waals surface area contributed by atoms with Crippen molar-refractivity contribution in [2.75, 3.05) is 5.32 Å². The minimum Gasteiger partial charge on any atom is -0.480 e. The number of carbonyl (C=O) groups is 3. The molecular formula is C24H22N2O6S2. The number of carboxylic acids is 1. The van der Waals surface area contributed by atoms with Crippen LogP contribution in [0, 0.1) is 5.92 Å². The Bertz CT molecular complexity index is 1380. The van der Waals surface area contributed by atoms with Crippen molar-refractivity contribution in [2.24, 2.45) is 5.92 Å². The molecule has 4 rings (SSSR count). The van der Waals surface area contributed by atoms with Gasteiger partial charge in [-0.15, -0.1) is 11.3 Å². The Morgan fingerprint density at radius 2 is 1.62 bits per heavy atom. The second-order valence-corrected chi connectivity index (χ2v) is 11.2. The van der Waals surface area contributed by atoms with Gasteiger partial charge in [-0.1, -0.05) is 56.3 Å². The topological polar surface area (TPSA) is 121 Å². The van der Waals surface area contributed by atoms with Crippen LogP contribution in [0.1, 0.15) is 45.0 Å². The normalized spacial score (nSPS) is 15.6. The molecule has 3 aromatic rings. The first-order valence-corrected chi connectivity index (χ1v) is 12.7. The molecule has 1 aliphatic heterocycles. The van der Waals surface area contributed by atoms with Crippen LogP contribution in [-0.4, -0.2) is 41.5 Å². The van der Waals surface area contributed by atoms with Gasteiger partial charge in [-0.2, -0.15) is 4.31 Å². The van der Waals surface area contributed by atoms with Gasteiger partial charge in [0.15, 0.2) is 5.78 Å². The molecule has 10 heteroatoms. The summed E-state index contributed by atoms with van der Waals surface area (Å²) in [5.41, 5.74) is 1.12. The lowest BCUT2D eigenvalue weighted by Gasteiger charge is -2.25. The Morgan fingerprint density at radius 3 is 2.24 bits per heavy atom. The van der Waals surface area contributed by atoms with E-state index in [4.69, 9.17) is 0 Å². The average molecular weight is 499 g/mol. The van der Waals surface area contributed by atoms with E-state index in [1.165, 1.54) is 12.1 Å². The molecular weight excluding hydrogens is 476 g/mol. The van der Waals surface area contributed by atoms with Crippen LogP contribution in [0.25, 0.3) is 0 Å². The number of sulfonamides is 1. The van der Waals surface area contributed by atoms with Gasteiger partial charge in [0, 0.05) is 21.6 Å². The number of rotatable bonds is 7. The summed E-state index contributed by atoms with van der Waals surface area (Å²) in [5, 5.41) is 12.5. The maximum absolute atomic E-state index is 13.0. The number of nitrogens with one attached hydrogen (secondary N) is 1. The fraction of sp³-hybridized carbons (Fsp3) is 0.208. The summed E-state index contributed by atoms with van der Waals surface area (Å²) in [6, 6.07) is 15.2. The lowest BCUT2D eigenvalue weighted by molar-refractivity contribution is -0.143. The molecule has 0 radical (unpaired) electrons. The summed E-state index contributed by atoms with van der Waals surface area (Å²) in [6.07, 6.45) is 0. The number of aliphatic carboxylic acids is 1. The number of ketones is 1. The van der Waals surface area contributed by atoms with Crippen molar-refractivity contribution in [2.45, 2.75) is 31.3 Å².